The Bertz CT molecular complexity index is 972. The Hall–Kier alpha value is -3.36. The molecule has 2 saturated heterocycles. The number of carbonyl (C=O) groups is 4. The average molecular weight is 483 g/mol. The minimum Gasteiger partial charge on any atom is -0.489 e. The fourth-order valence-corrected chi connectivity index (χ4v) is 5.05. The van der Waals surface area contributed by atoms with E-state index in [-0.39, 0.29) is 36.1 Å². The largest absolute Gasteiger partial charge is 0.489 e. The molecule has 3 aliphatic heterocycles. The van der Waals surface area contributed by atoms with Gasteiger partial charge < -0.3 is 24.3 Å². The zero-order valence-electron chi connectivity index (χ0n) is 20.3. The van der Waals surface area contributed by atoms with Crippen LogP contribution in [0, 0.1) is 11.8 Å². The second-order valence-electron chi connectivity index (χ2n) is 9.50. The molecule has 4 rings (SSSR count). The zero-order chi connectivity index (χ0) is 24.8. The first-order valence-corrected chi connectivity index (χ1v) is 12.3. The molecule has 1 aromatic carbocycles. The van der Waals surface area contributed by atoms with E-state index in [0.717, 1.165) is 18.4 Å². The van der Waals surface area contributed by atoms with Crippen molar-refractivity contribution in [3.63, 3.8) is 0 Å². The van der Waals surface area contributed by atoms with E-state index in [2.05, 4.69) is 6.08 Å². The molecule has 3 heterocycles. The summed E-state index contributed by atoms with van der Waals surface area (Å²) in [5, 5.41) is 0. The van der Waals surface area contributed by atoms with Gasteiger partial charge in [-0.3, -0.25) is 19.2 Å². The van der Waals surface area contributed by atoms with E-state index in [0.29, 0.717) is 64.6 Å². The SMILES string of the molecule is CC(=O)N1CC(=O)N2CC[C@@H](CC(=O)N3CCN(C=O)CC3)[C@@H](/C=C/COc3ccccc3C1)C2. The fourth-order valence-electron chi connectivity index (χ4n) is 5.05. The summed E-state index contributed by atoms with van der Waals surface area (Å²) >= 11 is 0. The van der Waals surface area contributed by atoms with Gasteiger partial charge >= 0.3 is 0 Å². The number of carbonyl (C=O) groups excluding carboxylic acids is 4. The molecule has 1 aromatic rings. The molecule has 9 nitrogen and oxygen atoms in total. The number of rotatable bonds is 3. The van der Waals surface area contributed by atoms with Crippen LogP contribution in [0.3, 0.4) is 0 Å². The normalized spacial score (nSPS) is 24.3. The van der Waals surface area contributed by atoms with Crippen molar-refractivity contribution < 1.29 is 23.9 Å². The van der Waals surface area contributed by atoms with E-state index in [4.69, 9.17) is 4.74 Å². The van der Waals surface area contributed by atoms with Crippen LogP contribution in [0.5, 0.6) is 5.75 Å². The Balaban J connectivity index is 1.48. The number of amides is 4. The lowest BCUT2D eigenvalue weighted by Crippen LogP contribution is -2.50. The first kappa shape index (κ1) is 24.8. The van der Waals surface area contributed by atoms with Gasteiger partial charge in [0.25, 0.3) is 0 Å². The molecule has 0 aromatic heterocycles. The Morgan fingerprint density at radius 1 is 1.06 bits per heavy atom. The number of hydrogen-bond donors (Lipinski definition) is 0. The van der Waals surface area contributed by atoms with Gasteiger partial charge in [-0.05, 0) is 24.3 Å². The molecule has 188 valence electrons. The number of fused-ring (bicyclic) bond motifs is 3. The van der Waals surface area contributed by atoms with Gasteiger partial charge in [0.2, 0.25) is 24.1 Å². The van der Waals surface area contributed by atoms with E-state index in [9.17, 15) is 19.2 Å². The number of hydrogen-bond acceptors (Lipinski definition) is 5. The number of piperazine rings is 1. The van der Waals surface area contributed by atoms with E-state index >= 15 is 0 Å². The van der Waals surface area contributed by atoms with E-state index in [1.54, 1.807) is 9.80 Å². The maximum absolute atomic E-state index is 13.2. The first-order chi connectivity index (χ1) is 16.9. The van der Waals surface area contributed by atoms with E-state index in [1.807, 2.05) is 40.1 Å². The highest BCUT2D eigenvalue weighted by molar-refractivity contribution is 5.84. The van der Waals surface area contributed by atoms with Crippen LogP contribution >= 0.6 is 0 Å². The van der Waals surface area contributed by atoms with Gasteiger partial charge in [0.15, 0.2) is 0 Å². The van der Waals surface area contributed by atoms with Crippen LogP contribution < -0.4 is 4.74 Å². The van der Waals surface area contributed by atoms with Crippen molar-refractivity contribution >= 4 is 24.1 Å². The van der Waals surface area contributed by atoms with Crippen molar-refractivity contribution in [2.24, 2.45) is 11.8 Å². The van der Waals surface area contributed by atoms with Gasteiger partial charge in [0, 0.05) is 64.7 Å². The monoisotopic (exact) mass is 482 g/mol. The smallest absolute Gasteiger partial charge is 0.242 e. The summed E-state index contributed by atoms with van der Waals surface area (Å²) in [6, 6.07) is 7.57. The quantitative estimate of drug-likeness (QED) is 0.476. The maximum atomic E-state index is 13.2. The predicted molar refractivity (Wildman–Crippen MR) is 129 cm³/mol. The molecule has 0 aliphatic carbocycles. The van der Waals surface area contributed by atoms with Crippen molar-refractivity contribution in [2.75, 3.05) is 52.4 Å². The molecular weight excluding hydrogens is 448 g/mol. The van der Waals surface area contributed by atoms with Gasteiger partial charge in [-0.15, -0.1) is 0 Å². The van der Waals surface area contributed by atoms with Crippen molar-refractivity contribution in [2.45, 2.75) is 26.3 Å². The second kappa shape index (κ2) is 11.4. The number of ether oxygens (including phenoxy) is 1. The van der Waals surface area contributed by atoms with Crippen molar-refractivity contribution in [1.82, 2.24) is 19.6 Å². The van der Waals surface area contributed by atoms with Crippen LogP contribution in [0.15, 0.2) is 36.4 Å². The van der Waals surface area contributed by atoms with Crippen LogP contribution in [0.4, 0.5) is 0 Å². The van der Waals surface area contributed by atoms with Crippen LogP contribution in [-0.2, 0) is 25.7 Å². The third-order valence-corrected chi connectivity index (χ3v) is 7.24. The summed E-state index contributed by atoms with van der Waals surface area (Å²) in [6.45, 7) is 5.52. The van der Waals surface area contributed by atoms with Gasteiger partial charge in [0.1, 0.15) is 18.9 Å². The number of benzene rings is 1. The highest BCUT2D eigenvalue weighted by Crippen LogP contribution is 2.29. The standard InChI is InChI=1S/C26H34N4O5/c1-20(32)30-17-23-5-2-3-7-24(23)35-14-4-6-22-16-29(26(34)18-30)9-8-21(22)15-25(33)28-12-10-27(19-31)11-13-28/h2-7,19,21-22H,8-18H2,1H3/b6-4+/t21-,22-/m0/s1. The lowest BCUT2D eigenvalue weighted by molar-refractivity contribution is -0.142. The topological polar surface area (TPSA) is 90.5 Å². The van der Waals surface area contributed by atoms with Crippen LogP contribution in [0.25, 0.3) is 0 Å². The van der Waals surface area contributed by atoms with E-state index in [1.165, 1.54) is 6.92 Å². The van der Waals surface area contributed by atoms with E-state index < -0.39 is 0 Å². The summed E-state index contributed by atoms with van der Waals surface area (Å²) in [5.41, 5.74) is 0.860. The van der Waals surface area contributed by atoms with Gasteiger partial charge in [-0.1, -0.05) is 30.4 Å². The number of nitrogens with zero attached hydrogens (tertiary/aromatic N) is 4. The Morgan fingerprint density at radius 2 is 1.83 bits per heavy atom. The molecule has 0 saturated carbocycles. The fraction of sp³-hybridized carbons (Fsp3) is 0.538. The molecule has 0 unspecified atom stereocenters. The van der Waals surface area contributed by atoms with Crippen molar-refractivity contribution in [3.8, 4) is 5.75 Å². The summed E-state index contributed by atoms with van der Waals surface area (Å²) in [5.74, 6) is 0.703. The molecule has 2 atom stereocenters. The Kier molecular flexibility index (Phi) is 8.05. The van der Waals surface area contributed by atoms with Gasteiger partial charge in [-0.2, -0.15) is 0 Å². The maximum Gasteiger partial charge on any atom is 0.242 e. The summed E-state index contributed by atoms with van der Waals surface area (Å²) in [4.78, 5) is 56.3. The molecule has 0 spiro atoms. The minimum atomic E-state index is -0.159. The zero-order valence-corrected chi connectivity index (χ0v) is 20.3. The average Bonchev–Trinajstić information content (AvgIpc) is 2.88. The molecular formula is C26H34N4O5. The molecule has 3 aliphatic rings. The molecule has 4 amide bonds. The number of para-hydroxylation sites is 1. The van der Waals surface area contributed by atoms with Crippen LogP contribution in [0.1, 0.15) is 25.3 Å². The third kappa shape index (κ3) is 6.21. The Labute approximate surface area is 206 Å². The summed E-state index contributed by atoms with van der Waals surface area (Å²) < 4.78 is 5.99. The lowest BCUT2D eigenvalue weighted by Gasteiger charge is -2.39. The third-order valence-electron chi connectivity index (χ3n) is 7.24. The minimum absolute atomic E-state index is 0.0186. The lowest BCUT2D eigenvalue weighted by atomic mass is 9.82. The highest BCUT2D eigenvalue weighted by Gasteiger charge is 2.33. The first-order valence-electron chi connectivity index (χ1n) is 12.3. The summed E-state index contributed by atoms with van der Waals surface area (Å²) in [6.07, 6.45) is 6.02. The molecule has 35 heavy (non-hydrogen) atoms. The van der Waals surface area contributed by atoms with Crippen LogP contribution in [0.2, 0.25) is 0 Å². The molecule has 0 radical (unpaired) electrons. The summed E-state index contributed by atoms with van der Waals surface area (Å²) in [7, 11) is 0. The molecule has 9 heteroatoms. The van der Waals surface area contributed by atoms with Crippen molar-refractivity contribution in [3.05, 3.63) is 42.0 Å². The number of piperidine rings is 1. The second-order valence-corrected chi connectivity index (χ2v) is 9.50. The molecule has 0 N–H and O–H groups in total. The molecule has 2 bridgehead atoms. The predicted octanol–water partition coefficient (Wildman–Crippen LogP) is 1.14. The molecule has 2 fully saturated rings. The van der Waals surface area contributed by atoms with Gasteiger partial charge in [-0.25, -0.2) is 0 Å². The van der Waals surface area contributed by atoms with Crippen LogP contribution in [-0.4, -0.2) is 96.2 Å². The van der Waals surface area contributed by atoms with Gasteiger partial charge in [0.05, 0.1) is 0 Å². The highest BCUT2D eigenvalue weighted by atomic mass is 16.5. The van der Waals surface area contributed by atoms with Crippen molar-refractivity contribution in [1.29, 1.82) is 0 Å². The Morgan fingerprint density at radius 3 is 2.57 bits per heavy atom.